The zero-order valence-corrected chi connectivity index (χ0v) is 18.2. The van der Waals surface area contributed by atoms with E-state index < -0.39 is 11.5 Å². The van der Waals surface area contributed by atoms with Crippen LogP contribution in [0.2, 0.25) is 0 Å². The zero-order chi connectivity index (χ0) is 19.4. The summed E-state index contributed by atoms with van der Waals surface area (Å²) in [6, 6.07) is 6.81. The number of benzene rings is 1. The number of carbonyl (C=O) groups is 1. The van der Waals surface area contributed by atoms with Gasteiger partial charge in [-0.1, -0.05) is 0 Å². The van der Waals surface area contributed by atoms with Gasteiger partial charge in [-0.15, -0.1) is 24.8 Å². The first kappa shape index (κ1) is 24.8. The number of hydrogen-bond donors (Lipinski definition) is 2. The first-order valence-corrected chi connectivity index (χ1v) is 8.92. The fourth-order valence-corrected chi connectivity index (χ4v) is 3.29. The third kappa shape index (κ3) is 5.65. The molecule has 1 aromatic heterocycles. The van der Waals surface area contributed by atoms with Gasteiger partial charge in [-0.2, -0.15) is 0 Å². The van der Waals surface area contributed by atoms with E-state index in [9.17, 15) is 9.59 Å². The monoisotopic (exact) mass is 444 g/mol. The van der Waals surface area contributed by atoms with E-state index in [-0.39, 0.29) is 36.3 Å². The first-order chi connectivity index (χ1) is 13.0. The molecular formula is C20H26Cl2N2O5. The molecule has 2 N–H and O–H groups in total. The Balaban J connectivity index is 0.00000210. The van der Waals surface area contributed by atoms with Crippen molar-refractivity contribution in [2.75, 3.05) is 32.6 Å². The van der Waals surface area contributed by atoms with Crippen molar-refractivity contribution in [2.24, 2.45) is 0 Å². The van der Waals surface area contributed by atoms with Gasteiger partial charge >= 0.3 is 5.63 Å². The summed E-state index contributed by atoms with van der Waals surface area (Å²) in [6.45, 7) is 3.50. The first-order valence-electron chi connectivity index (χ1n) is 8.92. The number of amides is 1. The number of halogens is 2. The molecule has 7 nitrogen and oxygen atoms in total. The van der Waals surface area contributed by atoms with Gasteiger partial charge in [0.1, 0.15) is 22.8 Å². The smallest absolute Gasteiger partial charge is 0.349 e. The maximum absolute atomic E-state index is 12.7. The highest BCUT2D eigenvalue weighted by Gasteiger charge is 2.23. The Morgan fingerprint density at radius 3 is 2.55 bits per heavy atom. The molecule has 2 heterocycles. The van der Waals surface area contributed by atoms with Gasteiger partial charge in [0.2, 0.25) is 0 Å². The highest BCUT2D eigenvalue weighted by molar-refractivity contribution is 6.05. The molecule has 1 aromatic carbocycles. The van der Waals surface area contributed by atoms with Crippen LogP contribution in [0, 0.1) is 6.92 Å². The lowest BCUT2D eigenvalue weighted by atomic mass is 9.95. The molecule has 0 bridgehead atoms. The minimum Gasteiger partial charge on any atom is -0.497 e. The van der Waals surface area contributed by atoms with Gasteiger partial charge < -0.3 is 24.5 Å². The average molecular weight is 445 g/mol. The average Bonchev–Trinajstić information content (AvgIpc) is 2.68. The van der Waals surface area contributed by atoms with Gasteiger partial charge in [-0.25, -0.2) is 4.79 Å². The Kier molecular flexibility index (Phi) is 9.49. The van der Waals surface area contributed by atoms with Crippen LogP contribution in [0.1, 0.15) is 40.4 Å². The van der Waals surface area contributed by atoms with Crippen LogP contribution in [0.25, 0.3) is 0 Å². The Hall–Kier alpha value is -2.22. The molecule has 1 unspecified atom stereocenters. The van der Waals surface area contributed by atoms with Gasteiger partial charge in [-0.05, 0) is 50.1 Å². The van der Waals surface area contributed by atoms with Crippen LogP contribution in [-0.2, 0) is 0 Å². The van der Waals surface area contributed by atoms with E-state index in [2.05, 4.69) is 10.6 Å². The molecule has 1 aliphatic heterocycles. The molecule has 1 fully saturated rings. The van der Waals surface area contributed by atoms with Crippen molar-refractivity contribution < 1.29 is 18.7 Å². The number of ether oxygens (including phenoxy) is 2. The third-order valence-corrected chi connectivity index (χ3v) is 4.75. The van der Waals surface area contributed by atoms with E-state index in [1.54, 1.807) is 38.3 Å². The van der Waals surface area contributed by atoms with Gasteiger partial charge in [-0.3, -0.25) is 4.79 Å². The molecule has 1 aliphatic rings. The van der Waals surface area contributed by atoms with Gasteiger partial charge in [0.25, 0.3) is 5.91 Å². The fourth-order valence-electron chi connectivity index (χ4n) is 3.29. The van der Waals surface area contributed by atoms with Crippen molar-refractivity contribution in [1.82, 2.24) is 5.32 Å². The number of methoxy groups -OCH3 is 2. The summed E-state index contributed by atoms with van der Waals surface area (Å²) in [4.78, 5) is 25.2. The summed E-state index contributed by atoms with van der Waals surface area (Å²) in [7, 11) is 3.04. The van der Waals surface area contributed by atoms with E-state index in [0.29, 0.717) is 28.5 Å². The molecule has 2 aromatic rings. The molecule has 3 rings (SSSR count). The second-order valence-electron chi connectivity index (χ2n) is 6.56. The lowest BCUT2D eigenvalue weighted by Gasteiger charge is -2.22. The molecule has 0 radical (unpaired) electrons. The Labute approximate surface area is 182 Å². The van der Waals surface area contributed by atoms with E-state index in [1.165, 1.54) is 7.11 Å². The predicted octanol–water partition coefficient (Wildman–Crippen LogP) is 3.53. The van der Waals surface area contributed by atoms with Gasteiger partial charge in [0, 0.05) is 18.5 Å². The second-order valence-corrected chi connectivity index (χ2v) is 6.56. The minimum atomic E-state index is -0.624. The second kappa shape index (κ2) is 11.1. The van der Waals surface area contributed by atoms with Crippen molar-refractivity contribution in [3.8, 4) is 11.5 Å². The van der Waals surface area contributed by atoms with E-state index >= 15 is 0 Å². The fraction of sp³-hybridized carbons (Fsp3) is 0.400. The standard InChI is InChI=1S/C20H24N2O5.2ClH/c1-12-9-16(13-5-4-8-21-11-13)27-20(24)18(12)19(23)22-15-7-6-14(25-2)10-17(15)26-3;;/h6-7,9-10,13,21H,4-5,8,11H2,1-3H3,(H,22,23);2*1H. The minimum absolute atomic E-state index is 0. The maximum atomic E-state index is 12.7. The van der Waals surface area contributed by atoms with Crippen LogP contribution in [0.4, 0.5) is 5.69 Å². The number of nitrogens with one attached hydrogen (secondary N) is 2. The van der Waals surface area contributed by atoms with Crippen LogP contribution >= 0.6 is 24.8 Å². The number of anilines is 1. The van der Waals surface area contributed by atoms with Crippen molar-refractivity contribution in [3.63, 3.8) is 0 Å². The van der Waals surface area contributed by atoms with Crippen LogP contribution < -0.4 is 25.7 Å². The van der Waals surface area contributed by atoms with Crippen molar-refractivity contribution in [3.05, 3.63) is 51.6 Å². The molecule has 160 valence electrons. The molecule has 29 heavy (non-hydrogen) atoms. The van der Waals surface area contributed by atoms with Gasteiger partial charge in [0.05, 0.1) is 19.9 Å². The Bertz CT molecular complexity index is 895. The molecule has 1 amide bonds. The van der Waals surface area contributed by atoms with E-state index in [1.807, 2.05) is 0 Å². The lowest BCUT2D eigenvalue weighted by molar-refractivity contribution is 0.102. The van der Waals surface area contributed by atoms with Crippen LogP contribution in [-0.4, -0.2) is 33.2 Å². The third-order valence-electron chi connectivity index (χ3n) is 4.75. The number of rotatable bonds is 5. The predicted molar refractivity (Wildman–Crippen MR) is 117 cm³/mol. The zero-order valence-electron chi connectivity index (χ0n) is 16.6. The molecule has 0 spiro atoms. The molecular weight excluding hydrogens is 419 g/mol. The molecule has 9 heteroatoms. The van der Waals surface area contributed by atoms with Gasteiger partial charge in [0.15, 0.2) is 0 Å². The lowest BCUT2D eigenvalue weighted by Crippen LogP contribution is -2.30. The SMILES string of the molecule is COc1ccc(NC(=O)c2c(C)cc(C3CCCNC3)oc2=O)c(OC)c1.Cl.Cl. The Morgan fingerprint density at radius 1 is 1.21 bits per heavy atom. The van der Waals surface area contributed by atoms with Crippen LogP contribution in [0.5, 0.6) is 11.5 Å². The quantitative estimate of drug-likeness (QED) is 0.732. The summed E-state index contributed by atoms with van der Waals surface area (Å²) in [6.07, 6.45) is 2.00. The molecule has 1 atom stereocenters. The summed E-state index contributed by atoms with van der Waals surface area (Å²) < 4.78 is 15.9. The summed E-state index contributed by atoms with van der Waals surface area (Å²) in [5.41, 5.74) is 0.417. The van der Waals surface area contributed by atoms with Crippen LogP contribution in [0.15, 0.2) is 33.5 Å². The molecule has 1 saturated heterocycles. The molecule has 0 saturated carbocycles. The normalized spacial score (nSPS) is 15.5. The van der Waals surface area contributed by atoms with Crippen molar-refractivity contribution >= 4 is 36.4 Å². The summed E-state index contributed by atoms with van der Waals surface area (Å²) in [5, 5.41) is 6.02. The summed E-state index contributed by atoms with van der Waals surface area (Å²) >= 11 is 0. The highest BCUT2D eigenvalue weighted by atomic mass is 35.5. The number of aryl methyl sites for hydroxylation is 1. The van der Waals surface area contributed by atoms with E-state index in [4.69, 9.17) is 13.9 Å². The van der Waals surface area contributed by atoms with E-state index in [0.717, 1.165) is 25.9 Å². The largest absolute Gasteiger partial charge is 0.497 e. The Morgan fingerprint density at radius 2 is 1.97 bits per heavy atom. The summed E-state index contributed by atoms with van der Waals surface area (Å²) in [5.74, 6) is 1.30. The van der Waals surface area contributed by atoms with Crippen LogP contribution in [0.3, 0.4) is 0 Å². The number of carbonyl (C=O) groups excluding carboxylic acids is 1. The van der Waals surface area contributed by atoms with Crippen molar-refractivity contribution in [2.45, 2.75) is 25.7 Å². The molecule has 0 aliphatic carbocycles. The topological polar surface area (TPSA) is 89.8 Å². The van der Waals surface area contributed by atoms with Crippen molar-refractivity contribution in [1.29, 1.82) is 0 Å². The highest BCUT2D eigenvalue weighted by Crippen LogP contribution is 2.29. The number of piperidine rings is 1. The maximum Gasteiger partial charge on any atom is 0.349 e. The number of hydrogen-bond acceptors (Lipinski definition) is 6.